The zero-order valence-electron chi connectivity index (χ0n) is 14.6. The Kier molecular flexibility index (Phi) is 5.11. The van der Waals surface area contributed by atoms with Crippen molar-refractivity contribution in [2.75, 3.05) is 7.11 Å². The Bertz CT molecular complexity index is 902. The third-order valence-electron chi connectivity index (χ3n) is 4.54. The lowest BCUT2D eigenvalue weighted by Crippen LogP contribution is -2.43. The summed E-state index contributed by atoms with van der Waals surface area (Å²) in [6.45, 7) is 0. The molecule has 0 bridgehead atoms. The van der Waals surface area contributed by atoms with Gasteiger partial charge in [0, 0.05) is 23.7 Å². The summed E-state index contributed by atoms with van der Waals surface area (Å²) in [7, 11) is 1.25. The van der Waals surface area contributed by atoms with Crippen LogP contribution in [0.1, 0.15) is 35.3 Å². The van der Waals surface area contributed by atoms with E-state index in [0.717, 1.165) is 0 Å². The number of carbonyl (C=O) groups excluding carboxylic acids is 2. The van der Waals surface area contributed by atoms with Crippen LogP contribution in [-0.2, 0) is 16.0 Å². The molecule has 1 aliphatic carbocycles. The van der Waals surface area contributed by atoms with Crippen LogP contribution in [0.25, 0.3) is 5.69 Å². The predicted molar refractivity (Wildman–Crippen MR) is 92.2 cm³/mol. The number of hydrogen-bond acceptors (Lipinski definition) is 4. The van der Waals surface area contributed by atoms with Crippen molar-refractivity contribution in [2.45, 2.75) is 37.6 Å². The molecule has 0 spiro atoms. The van der Waals surface area contributed by atoms with E-state index in [1.54, 1.807) is 0 Å². The number of halogens is 2. The number of hydrogen-bond donors (Lipinski definition) is 2. The summed E-state index contributed by atoms with van der Waals surface area (Å²) >= 11 is 0. The van der Waals surface area contributed by atoms with Crippen molar-refractivity contribution in [3.63, 3.8) is 0 Å². The van der Waals surface area contributed by atoms with Gasteiger partial charge in [-0.15, -0.1) is 0 Å². The van der Waals surface area contributed by atoms with Gasteiger partial charge in [-0.1, -0.05) is 0 Å². The molecule has 144 valence electrons. The second kappa shape index (κ2) is 7.34. The van der Waals surface area contributed by atoms with Gasteiger partial charge in [0.2, 0.25) is 0 Å². The number of nitrogens with zero attached hydrogens (tertiary/aromatic N) is 1. The Morgan fingerprint density at radius 3 is 2.63 bits per heavy atom. The van der Waals surface area contributed by atoms with Gasteiger partial charge in [-0.2, -0.15) is 0 Å². The quantitative estimate of drug-likeness (QED) is 0.775. The molecule has 1 unspecified atom stereocenters. The monoisotopic (exact) mass is 379 g/mol. The normalized spacial score (nSPS) is 18.3. The first-order valence-electron chi connectivity index (χ1n) is 8.47. The van der Waals surface area contributed by atoms with Crippen LogP contribution in [0, 0.1) is 0 Å². The molecule has 1 aromatic heterocycles. The van der Waals surface area contributed by atoms with Gasteiger partial charge < -0.3 is 10.1 Å². The van der Waals surface area contributed by atoms with E-state index in [1.807, 2.05) is 0 Å². The molecule has 1 fully saturated rings. The number of aromatic amines is 1. The third-order valence-corrected chi connectivity index (χ3v) is 4.54. The Labute approximate surface area is 153 Å². The van der Waals surface area contributed by atoms with Gasteiger partial charge in [0.1, 0.15) is 0 Å². The largest absolute Gasteiger partial charge is 0.469 e. The molecule has 2 aromatic rings. The maximum Gasteiger partial charge on any atom is 0.311 e. The third kappa shape index (κ3) is 4.07. The molecule has 2 N–H and O–H groups in total. The van der Waals surface area contributed by atoms with Crippen molar-refractivity contribution in [3.05, 3.63) is 51.9 Å². The molecule has 7 nitrogen and oxygen atoms in total. The molecule has 1 amide bonds. The van der Waals surface area contributed by atoms with Gasteiger partial charge in [-0.05, 0) is 37.1 Å². The average molecular weight is 379 g/mol. The molecule has 1 saturated carbocycles. The van der Waals surface area contributed by atoms with Crippen molar-refractivity contribution >= 4 is 11.9 Å². The first kappa shape index (κ1) is 18.8. The number of rotatable bonds is 5. The van der Waals surface area contributed by atoms with Gasteiger partial charge in [-0.3, -0.25) is 19.5 Å². The standard InChI is InChI=1S/C18H19F2N3O4/c1-27-16(25)10-12-9-15(24)23(22-12)13-6-4-11(5-7-13)17(26)21-14-3-2-8-18(14,19)20/h4-7,9,14,22H,2-3,8,10H2,1H3,(H,21,26). The van der Waals surface area contributed by atoms with E-state index in [2.05, 4.69) is 15.2 Å². The fraction of sp³-hybridized carbons (Fsp3) is 0.389. The fourth-order valence-electron chi connectivity index (χ4n) is 3.06. The lowest BCUT2D eigenvalue weighted by Gasteiger charge is -2.20. The summed E-state index contributed by atoms with van der Waals surface area (Å²) in [6, 6.07) is 6.05. The second-order valence-corrected chi connectivity index (χ2v) is 6.43. The minimum Gasteiger partial charge on any atom is -0.469 e. The first-order chi connectivity index (χ1) is 12.8. The zero-order chi connectivity index (χ0) is 19.6. The van der Waals surface area contributed by atoms with Crippen LogP contribution in [-0.4, -0.2) is 40.7 Å². The Hall–Kier alpha value is -2.97. The molecule has 3 rings (SSSR count). The van der Waals surface area contributed by atoms with Crippen molar-refractivity contribution < 1.29 is 23.1 Å². The van der Waals surface area contributed by atoms with Gasteiger partial charge in [0.15, 0.2) is 0 Å². The van der Waals surface area contributed by atoms with Gasteiger partial charge in [0.05, 0.1) is 25.3 Å². The molecular weight excluding hydrogens is 360 g/mol. The van der Waals surface area contributed by atoms with Crippen LogP contribution in [0.5, 0.6) is 0 Å². The summed E-state index contributed by atoms with van der Waals surface area (Å²) in [4.78, 5) is 35.5. The Morgan fingerprint density at radius 1 is 1.33 bits per heavy atom. The number of amides is 1. The number of ether oxygens (including phenoxy) is 1. The molecule has 27 heavy (non-hydrogen) atoms. The van der Waals surface area contributed by atoms with Crippen molar-refractivity contribution in [3.8, 4) is 5.69 Å². The minimum absolute atomic E-state index is 0.0746. The smallest absolute Gasteiger partial charge is 0.311 e. The Morgan fingerprint density at radius 2 is 2.04 bits per heavy atom. The van der Waals surface area contributed by atoms with E-state index in [9.17, 15) is 23.2 Å². The summed E-state index contributed by atoms with van der Waals surface area (Å²) in [5.74, 6) is -3.96. The van der Waals surface area contributed by atoms with E-state index in [4.69, 9.17) is 0 Å². The summed E-state index contributed by atoms with van der Waals surface area (Å²) in [5, 5.41) is 5.16. The second-order valence-electron chi connectivity index (χ2n) is 6.43. The van der Waals surface area contributed by atoms with Crippen LogP contribution in [0.15, 0.2) is 35.1 Å². The number of alkyl halides is 2. The number of aromatic nitrogens is 2. The van der Waals surface area contributed by atoms with Crippen LogP contribution in [0.2, 0.25) is 0 Å². The van der Waals surface area contributed by atoms with E-state index in [-0.39, 0.29) is 30.4 Å². The molecule has 1 aliphatic rings. The summed E-state index contributed by atoms with van der Waals surface area (Å²) < 4.78 is 33.1. The number of esters is 1. The fourth-order valence-corrected chi connectivity index (χ4v) is 3.06. The lowest BCUT2D eigenvalue weighted by atomic mass is 10.1. The number of carbonyl (C=O) groups is 2. The van der Waals surface area contributed by atoms with E-state index in [0.29, 0.717) is 17.8 Å². The highest BCUT2D eigenvalue weighted by Gasteiger charge is 2.44. The maximum absolute atomic E-state index is 13.6. The molecule has 1 atom stereocenters. The van der Waals surface area contributed by atoms with Crippen LogP contribution in [0.4, 0.5) is 8.78 Å². The van der Waals surface area contributed by atoms with E-state index in [1.165, 1.54) is 42.1 Å². The number of benzene rings is 1. The molecule has 0 saturated heterocycles. The van der Waals surface area contributed by atoms with Crippen molar-refractivity contribution in [1.82, 2.24) is 15.1 Å². The van der Waals surface area contributed by atoms with E-state index >= 15 is 0 Å². The lowest BCUT2D eigenvalue weighted by molar-refractivity contribution is -0.139. The summed E-state index contributed by atoms with van der Waals surface area (Å²) in [6.07, 6.45) is 0.327. The van der Waals surface area contributed by atoms with E-state index < -0.39 is 23.8 Å². The molecule has 0 radical (unpaired) electrons. The van der Waals surface area contributed by atoms with Gasteiger partial charge >= 0.3 is 5.97 Å². The molecular formula is C18H19F2N3O4. The average Bonchev–Trinajstić information content (AvgIpc) is 3.16. The molecule has 1 aromatic carbocycles. The number of nitrogens with one attached hydrogen (secondary N) is 2. The predicted octanol–water partition coefficient (Wildman–Crippen LogP) is 1.80. The molecule has 0 aliphatic heterocycles. The van der Waals surface area contributed by atoms with Gasteiger partial charge in [-0.25, -0.2) is 13.5 Å². The zero-order valence-corrected chi connectivity index (χ0v) is 14.6. The first-order valence-corrected chi connectivity index (χ1v) is 8.47. The number of methoxy groups -OCH3 is 1. The van der Waals surface area contributed by atoms with Crippen LogP contribution in [0.3, 0.4) is 0 Å². The molecule has 9 heteroatoms. The SMILES string of the molecule is COC(=O)Cc1cc(=O)n(-c2ccc(C(=O)NC3CCCC3(F)F)cc2)[nH]1. The summed E-state index contributed by atoms with van der Waals surface area (Å²) in [5.41, 5.74) is 0.670. The van der Waals surface area contributed by atoms with Gasteiger partial charge in [0.25, 0.3) is 17.4 Å². The van der Waals surface area contributed by atoms with Crippen LogP contribution >= 0.6 is 0 Å². The minimum atomic E-state index is -2.89. The number of H-pyrrole nitrogens is 1. The highest BCUT2D eigenvalue weighted by atomic mass is 19.3. The van der Waals surface area contributed by atoms with Crippen molar-refractivity contribution in [1.29, 1.82) is 0 Å². The van der Waals surface area contributed by atoms with Crippen molar-refractivity contribution in [2.24, 2.45) is 0 Å². The van der Waals surface area contributed by atoms with Crippen LogP contribution < -0.4 is 10.9 Å². The highest BCUT2D eigenvalue weighted by molar-refractivity contribution is 5.94. The highest BCUT2D eigenvalue weighted by Crippen LogP contribution is 2.35. The maximum atomic E-state index is 13.6. The Balaban J connectivity index is 1.73. The topological polar surface area (TPSA) is 93.2 Å². The molecule has 1 heterocycles.